The largest absolute Gasteiger partial charge is 0.356 e. The number of hydrogen-bond donors (Lipinski definition) is 2. The van der Waals surface area contributed by atoms with Crippen molar-refractivity contribution in [3.63, 3.8) is 0 Å². The van der Waals surface area contributed by atoms with Crippen LogP contribution in [-0.2, 0) is 13.0 Å². The van der Waals surface area contributed by atoms with Gasteiger partial charge in [-0.2, -0.15) is 5.10 Å². The van der Waals surface area contributed by atoms with E-state index in [-0.39, 0.29) is 5.91 Å². The second-order valence-electron chi connectivity index (χ2n) is 7.01. The molecule has 0 unspecified atom stereocenters. The van der Waals surface area contributed by atoms with E-state index in [1.165, 1.54) is 6.33 Å². The van der Waals surface area contributed by atoms with Crippen molar-refractivity contribution in [3.8, 4) is 5.69 Å². The topological polar surface area (TPSA) is 87.4 Å². The molecule has 1 amide bonds. The zero-order valence-electron chi connectivity index (χ0n) is 17.5. The highest BCUT2D eigenvalue weighted by atomic mass is 16.2. The Kier molecular flexibility index (Phi) is 7.15. The van der Waals surface area contributed by atoms with Crippen molar-refractivity contribution in [1.29, 1.82) is 0 Å². The molecule has 1 heterocycles. The van der Waals surface area contributed by atoms with Gasteiger partial charge in [0.15, 0.2) is 5.96 Å². The molecule has 8 nitrogen and oxygen atoms in total. The van der Waals surface area contributed by atoms with Crippen LogP contribution in [0.5, 0.6) is 0 Å². The van der Waals surface area contributed by atoms with E-state index < -0.39 is 0 Å². The minimum absolute atomic E-state index is 0.0112. The summed E-state index contributed by atoms with van der Waals surface area (Å²) in [5.74, 6) is 0.744. The highest BCUT2D eigenvalue weighted by Crippen LogP contribution is 2.09. The van der Waals surface area contributed by atoms with Crippen LogP contribution in [0.1, 0.15) is 21.5 Å². The lowest BCUT2D eigenvalue weighted by atomic mass is 10.1. The number of rotatable bonds is 7. The van der Waals surface area contributed by atoms with Crippen LogP contribution in [0.25, 0.3) is 5.69 Å². The van der Waals surface area contributed by atoms with E-state index in [2.05, 4.69) is 25.7 Å². The predicted molar refractivity (Wildman–Crippen MR) is 118 cm³/mol. The van der Waals surface area contributed by atoms with Crippen molar-refractivity contribution in [2.75, 3.05) is 27.7 Å². The smallest absolute Gasteiger partial charge is 0.253 e. The fourth-order valence-corrected chi connectivity index (χ4v) is 2.96. The molecule has 0 aliphatic rings. The summed E-state index contributed by atoms with van der Waals surface area (Å²) in [4.78, 5) is 21.9. The molecular formula is C22H27N7O. The van der Waals surface area contributed by atoms with E-state index >= 15 is 0 Å². The number of carbonyl (C=O) groups is 1. The van der Waals surface area contributed by atoms with Gasteiger partial charge in [-0.1, -0.05) is 24.3 Å². The first-order valence-electron chi connectivity index (χ1n) is 9.76. The van der Waals surface area contributed by atoms with Crippen molar-refractivity contribution in [1.82, 2.24) is 30.3 Å². The van der Waals surface area contributed by atoms with Crippen LogP contribution < -0.4 is 10.6 Å². The van der Waals surface area contributed by atoms with E-state index in [4.69, 9.17) is 0 Å². The summed E-state index contributed by atoms with van der Waals surface area (Å²) in [6, 6.07) is 15.8. The van der Waals surface area contributed by atoms with Crippen molar-refractivity contribution in [3.05, 3.63) is 77.9 Å². The van der Waals surface area contributed by atoms with Gasteiger partial charge >= 0.3 is 0 Å². The summed E-state index contributed by atoms with van der Waals surface area (Å²) in [6.07, 6.45) is 3.98. The number of nitrogens with zero attached hydrogens (tertiary/aromatic N) is 5. The highest BCUT2D eigenvalue weighted by Gasteiger charge is 2.08. The molecule has 8 heteroatoms. The molecule has 0 bridgehead atoms. The van der Waals surface area contributed by atoms with Gasteiger partial charge in [0.1, 0.15) is 12.7 Å². The molecular weight excluding hydrogens is 378 g/mol. The standard InChI is InChI=1S/C22H27N7O/c1-23-22(25-12-11-17-5-4-6-19(13-17)21(30)28(2)3)26-14-18-7-9-20(10-8-18)29-16-24-15-27-29/h4-10,13,15-16H,11-12,14H2,1-3H3,(H2,23,25,26). The molecule has 0 aliphatic carbocycles. The Labute approximate surface area is 176 Å². The molecule has 0 aliphatic heterocycles. The van der Waals surface area contributed by atoms with E-state index in [0.717, 1.165) is 29.2 Å². The third-order valence-corrected chi connectivity index (χ3v) is 4.59. The Morgan fingerprint density at radius 1 is 1.10 bits per heavy atom. The third-order valence-electron chi connectivity index (χ3n) is 4.59. The molecule has 3 rings (SSSR count). The van der Waals surface area contributed by atoms with Crippen LogP contribution in [0.3, 0.4) is 0 Å². The number of aromatic nitrogens is 3. The molecule has 156 valence electrons. The number of benzene rings is 2. The van der Waals surface area contributed by atoms with Gasteiger partial charge in [-0.05, 0) is 41.8 Å². The molecule has 0 saturated heterocycles. The summed E-state index contributed by atoms with van der Waals surface area (Å²) in [7, 11) is 5.27. The molecule has 2 N–H and O–H groups in total. The van der Waals surface area contributed by atoms with Gasteiger partial charge in [0.05, 0.1) is 5.69 Å². The Morgan fingerprint density at radius 2 is 1.90 bits per heavy atom. The van der Waals surface area contributed by atoms with Gasteiger partial charge in [0, 0.05) is 39.8 Å². The van der Waals surface area contributed by atoms with Crippen molar-refractivity contribution in [2.45, 2.75) is 13.0 Å². The van der Waals surface area contributed by atoms with Crippen molar-refractivity contribution in [2.24, 2.45) is 4.99 Å². The number of nitrogens with one attached hydrogen (secondary N) is 2. The number of carbonyl (C=O) groups excluding carboxylic acids is 1. The fourth-order valence-electron chi connectivity index (χ4n) is 2.96. The summed E-state index contributed by atoms with van der Waals surface area (Å²) >= 11 is 0. The fraction of sp³-hybridized carbons (Fsp3) is 0.273. The normalized spacial score (nSPS) is 11.2. The van der Waals surface area contributed by atoms with Crippen LogP contribution in [0, 0.1) is 0 Å². The lowest BCUT2D eigenvalue weighted by Crippen LogP contribution is -2.37. The van der Waals surface area contributed by atoms with Gasteiger partial charge in [0.25, 0.3) is 5.91 Å². The maximum Gasteiger partial charge on any atom is 0.253 e. The molecule has 2 aromatic carbocycles. The van der Waals surface area contributed by atoms with Gasteiger partial charge in [-0.3, -0.25) is 9.79 Å². The molecule has 30 heavy (non-hydrogen) atoms. The summed E-state index contributed by atoms with van der Waals surface area (Å²) in [5.41, 5.74) is 3.91. The second kappa shape index (κ2) is 10.2. The van der Waals surface area contributed by atoms with Crippen molar-refractivity contribution < 1.29 is 4.79 Å². The van der Waals surface area contributed by atoms with Gasteiger partial charge in [-0.25, -0.2) is 9.67 Å². The minimum atomic E-state index is 0.0112. The number of aliphatic imine (C=N–C) groups is 1. The summed E-state index contributed by atoms with van der Waals surface area (Å²) in [5, 5.41) is 10.8. The van der Waals surface area contributed by atoms with Crippen LogP contribution >= 0.6 is 0 Å². The second-order valence-corrected chi connectivity index (χ2v) is 7.01. The molecule has 0 spiro atoms. The average molecular weight is 406 g/mol. The van der Waals surface area contributed by atoms with E-state index in [9.17, 15) is 4.79 Å². The number of guanidine groups is 1. The lowest BCUT2D eigenvalue weighted by Gasteiger charge is -2.13. The Balaban J connectivity index is 1.47. The number of amides is 1. The average Bonchev–Trinajstić information content (AvgIpc) is 3.31. The van der Waals surface area contributed by atoms with E-state index in [0.29, 0.717) is 18.7 Å². The Morgan fingerprint density at radius 3 is 2.57 bits per heavy atom. The molecule has 0 saturated carbocycles. The number of hydrogen-bond acceptors (Lipinski definition) is 4. The monoisotopic (exact) mass is 405 g/mol. The maximum absolute atomic E-state index is 12.1. The van der Waals surface area contributed by atoms with Crippen LogP contribution in [-0.4, -0.2) is 59.2 Å². The Hall–Kier alpha value is -3.68. The molecule has 0 atom stereocenters. The zero-order valence-corrected chi connectivity index (χ0v) is 17.5. The van der Waals surface area contributed by atoms with E-state index in [1.807, 2.05) is 48.5 Å². The SMILES string of the molecule is CN=C(NCCc1cccc(C(=O)N(C)C)c1)NCc1ccc(-n2cncn2)cc1. The first-order valence-corrected chi connectivity index (χ1v) is 9.76. The Bertz CT molecular complexity index is 979. The summed E-state index contributed by atoms with van der Waals surface area (Å²) in [6.45, 7) is 1.37. The lowest BCUT2D eigenvalue weighted by molar-refractivity contribution is 0.0827. The van der Waals surface area contributed by atoms with E-state index in [1.54, 1.807) is 37.1 Å². The molecule has 3 aromatic rings. The minimum Gasteiger partial charge on any atom is -0.356 e. The quantitative estimate of drug-likeness (QED) is 0.463. The van der Waals surface area contributed by atoms with Gasteiger partial charge < -0.3 is 15.5 Å². The van der Waals surface area contributed by atoms with Gasteiger partial charge in [0.2, 0.25) is 0 Å². The molecule has 0 fully saturated rings. The third kappa shape index (κ3) is 5.66. The van der Waals surface area contributed by atoms with Crippen LogP contribution in [0.2, 0.25) is 0 Å². The van der Waals surface area contributed by atoms with Crippen molar-refractivity contribution >= 4 is 11.9 Å². The summed E-state index contributed by atoms with van der Waals surface area (Å²) < 4.78 is 1.72. The highest BCUT2D eigenvalue weighted by molar-refractivity contribution is 5.94. The first kappa shape index (κ1) is 21.0. The first-order chi connectivity index (χ1) is 14.6. The predicted octanol–water partition coefficient (Wildman–Crippen LogP) is 1.88. The maximum atomic E-state index is 12.1. The molecule has 1 aromatic heterocycles. The zero-order chi connectivity index (χ0) is 21.3. The van der Waals surface area contributed by atoms with Crippen LogP contribution in [0.4, 0.5) is 0 Å². The van der Waals surface area contributed by atoms with Gasteiger partial charge in [-0.15, -0.1) is 0 Å². The van der Waals surface area contributed by atoms with Crippen LogP contribution in [0.15, 0.2) is 66.2 Å². The molecule has 0 radical (unpaired) electrons.